The Hall–Kier alpha value is -2.14. The molecule has 1 aliphatic heterocycles. The highest BCUT2D eigenvalue weighted by Gasteiger charge is 2.18. The molecule has 1 unspecified atom stereocenters. The molecule has 1 aromatic carbocycles. The summed E-state index contributed by atoms with van der Waals surface area (Å²) in [5.41, 5.74) is 2.45. The molecule has 0 aliphatic carbocycles. The summed E-state index contributed by atoms with van der Waals surface area (Å²) in [6.45, 7) is 0.848. The Labute approximate surface area is 135 Å². The lowest BCUT2D eigenvalue weighted by Crippen LogP contribution is -2.21. The first kappa shape index (κ1) is 14.5. The Morgan fingerprint density at radius 2 is 2.22 bits per heavy atom. The van der Waals surface area contributed by atoms with Crippen molar-refractivity contribution in [3.63, 3.8) is 0 Å². The van der Waals surface area contributed by atoms with Crippen LogP contribution in [-0.4, -0.2) is 27.4 Å². The number of para-hydroxylation sites is 1. The number of ether oxygens (including phenoxy) is 1. The second-order valence-electron chi connectivity index (χ2n) is 6.26. The van der Waals surface area contributed by atoms with Crippen molar-refractivity contribution in [2.75, 3.05) is 6.61 Å². The van der Waals surface area contributed by atoms with Crippen LogP contribution in [0.25, 0.3) is 10.9 Å². The first-order valence-corrected chi connectivity index (χ1v) is 8.25. The number of rotatable bonds is 4. The predicted molar refractivity (Wildman–Crippen MR) is 87.3 cm³/mol. The summed E-state index contributed by atoms with van der Waals surface area (Å²) < 4.78 is 13.3. The molecule has 2 aromatic heterocycles. The van der Waals surface area contributed by atoms with Gasteiger partial charge in [-0.25, -0.2) is 0 Å². The molecule has 1 fully saturated rings. The third-order valence-electron chi connectivity index (χ3n) is 4.52. The van der Waals surface area contributed by atoms with Gasteiger partial charge in [0.15, 0.2) is 5.82 Å². The van der Waals surface area contributed by atoms with E-state index >= 15 is 0 Å². The zero-order valence-corrected chi connectivity index (χ0v) is 13.4. The van der Waals surface area contributed by atoms with Crippen molar-refractivity contribution >= 4 is 10.9 Å². The van der Waals surface area contributed by atoms with Crippen LogP contribution in [0.3, 0.4) is 0 Å². The number of hydrogen-bond donors (Lipinski definition) is 0. The van der Waals surface area contributed by atoms with Gasteiger partial charge < -0.3 is 13.8 Å². The molecule has 0 radical (unpaired) electrons. The van der Waals surface area contributed by atoms with Gasteiger partial charge >= 0.3 is 0 Å². The van der Waals surface area contributed by atoms with E-state index in [9.17, 15) is 0 Å². The molecule has 1 saturated heterocycles. The quantitative estimate of drug-likeness (QED) is 0.742. The summed E-state index contributed by atoms with van der Waals surface area (Å²) in [6.07, 6.45) is 7.18. The van der Waals surface area contributed by atoms with Crippen molar-refractivity contribution in [1.82, 2.24) is 14.7 Å². The normalized spacial score (nSPS) is 18.6. The molecule has 4 rings (SSSR count). The molecule has 5 heteroatoms. The van der Waals surface area contributed by atoms with Gasteiger partial charge in [0.25, 0.3) is 0 Å². The van der Waals surface area contributed by atoms with Crippen LogP contribution in [0.4, 0.5) is 0 Å². The lowest BCUT2D eigenvalue weighted by Gasteiger charge is -2.20. The van der Waals surface area contributed by atoms with Gasteiger partial charge in [0.05, 0.1) is 18.0 Å². The van der Waals surface area contributed by atoms with Crippen molar-refractivity contribution in [1.29, 1.82) is 0 Å². The fourth-order valence-electron chi connectivity index (χ4n) is 3.36. The standard InChI is InChI=1S/C18H21N3O2/c1-21-9-8-13-5-4-6-14(18(13)21)11-16-19-17(23-20-16)12-15-7-2-3-10-22-15/h4-6,8-9,15H,2-3,7,10-12H2,1H3. The zero-order valence-electron chi connectivity index (χ0n) is 13.4. The summed E-state index contributed by atoms with van der Waals surface area (Å²) in [5, 5.41) is 5.39. The van der Waals surface area contributed by atoms with Gasteiger partial charge in [0.1, 0.15) is 0 Å². The highest BCUT2D eigenvalue weighted by molar-refractivity contribution is 5.83. The molecule has 0 N–H and O–H groups in total. The largest absolute Gasteiger partial charge is 0.378 e. The minimum absolute atomic E-state index is 0.230. The van der Waals surface area contributed by atoms with Crippen molar-refractivity contribution in [2.24, 2.45) is 7.05 Å². The van der Waals surface area contributed by atoms with Crippen LogP contribution >= 0.6 is 0 Å². The minimum atomic E-state index is 0.230. The van der Waals surface area contributed by atoms with E-state index in [1.165, 1.54) is 22.9 Å². The summed E-state index contributed by atoms with van der Waals surface area (Å²) in [7, 11) is 2.06. The van der Waals surface area contributed by atoms with Crippen LogP contribution < -0.4 is 0 Å². The van der Waals surface area contributed by atoms with E-state index in [2.05, 4.69) is 52.2 Å². The number of aromatic nitrogens is 3. The smallest absolute Gasteiger partial charge is 0.229 e. The summed E-state index contributed by atoms with van der Waals surface area (Å²) in [4.78, 5) is 4.55. The van der Waals surface area contributed by atoms with Crippen molar-refractivity contribution in [2.45, 2.75) is 38.2 Å². The Morgan fingerprint density at radius 1 is 1.26 bits per heavy atom. The van der Waals surface area contributed by atoms with Crippen LogP contribution in [0.5, 0.6) is 0 Å². The second-order valence-corrected chi connectivity index (χ2v) is 6.26. The van der Waals surface area contributed by atoms with Gasteiger partial charge in [-0.3, -0.25) is 0 Å². The third kappa shape index (κ3) is 3.01. The molecule has 3 heterocycles. The van der Waals surface area contributed by atoms with E-state index in [-0.39, 0.29) is 6.10 Å². The fourth-order valence-corrected chi connectivity index (χ4v) is 3.36. The maximum atomic E-state index is 5.74. The minimum Gasteiger partial charge on any atom is -0.378 e. The summed E-state index contributed by atoms with van der Waals surface area (Å²) in [5.74, 6) is 1.43. The van der Waals surface area contributed by atoms with Crippen LogP contribution in [-0.2, 0) is 24.6 Å². The topological polar surface area (TPSA) is 53.1 Å². The molecule has 0 saturated carbocycles. The molecular weight excluding hydrogens is 290 g/mol. The predicted octanol–water partition coefficient (Wildman–Crippen LogP) is 3.26. The summed E-state index contributed by atoms with van der Waals surface area (Å²) >= 11 is 0. The number of nitrogens with zero attached hydrogens (tertiary/aromatic N) is 3. The van der Waals surface area contributed by atoms with Crippen molar-refractivity contribution in [3.8, 4) is 0 Å². The highest BCUT2D eigenvalue weighted by atomic mass is 16.5. The van der Waals surface area contributed by atoms with Crippen LogP contribution in [0, 0.1) is 0 Å². The maximum absolute atomic E-state index is 5.74. The number of benzene rings is 1. The van der Waals surface area contributed by atoms with Gasteiger partial charge in [0.2, 0.25) is 5.89 Å². The van der Waals surface area contributed by atoms with Gasteiger partial charge in [-0.15, -0.1) is 0 Å². The van der Waals surface area contributed by atoms with E-state index in [4.69, 9.17) is 9.26 Å². The Balaban J connectivity index is 1.51. The van der Waals surface area contributed by atoms with Crippen LogP contribution in [0.15, 0.2) is 35.0 Å². The molecule has 1 atom stereocenters. The number of aryl methyl sites for hydroxylation is 1. The van der Waals surface area contributed by atoms with E-state index in [0.29, 0.717) is 12.3 Å². The Bertz CT molecular complexity index is 800. The molecule has 1 aliphatic rings. The monoisotopic (exact) mass is 311 g/mol. The first-order valence-electron chi connectivity index (χ1n) is 8.25. The SMILES string of the molecule is Cn1ccc2cccc(Cc3noc(CC4CCCCO4)n3)c21. The molecule has 23 heavy (non-hydrogen) atoms. The molecule has 120 valence electrons. The lowest BCUT2D eigenvalue weighted by atomic mass is 10.1. The van der Waals surface area contributed by atoms with E-state index in [1.54, 1.807) is 0 Å². The van der Waals surface area contributed by atoms with Gasteiger partial charge in [-0.1, -0.05) is 23.4 Å². The third-order valence-corrected chi connectivity index (χ3v) is 4.52. The van der Waals surface area contributed by atoms with Crippen LogP contribution in [0.1, 0.15) is 36.5 Å². The van der Waals surface area contributed by atoms with Gasteiger partial charge in [-0.05, 0) is 36.3 Å². The average molecular weight is 311 g/mol. The molecule has 0 spiro atoms. The molecule has 0 bridgehead atoms. The molecule has 0 amide bonds. The molecule has 3 aromatic rings. The fraction of sp³-hybridized carbons (Fsp3) is 0.444. The zero-order chi connectivity index (χ0) is 15.6. The highest BCUT2D eigenvalue weighted by Crippen LogP contribution is 2.22. The van der Waals surface area contributed by atoms with Crippen LogP contribution in [0.2, 0.25) is 0 Å². The molecular formula is C18H21N3O2. The van der Waals surface area contributed by atoms with E-state index in [1.807, 2.05) is 0 Å². The molecule has 5 nitrogen and oxygen atoms in total. The lowest BCUT2D eigenvalue weighted by molar-refractivity contribution is 0.0124. The van der Waals surface area contributed by atoms with Gasteiger partial charge in [0, 0.05) is 26.3 Å². The first-order chi connectivity index (χ1) is 11.3. The van der Waals surface area contributed by atoms with E-state index in [0.717, 1.165) is 31.7 Å². The Morgan fingerprint density at radius 3 is 3.09 bits per heavy atom. The second kappa shape index (κ2) is 6.16. The average Bonchev–Trinajstić information content (AvgIpc) is 3.16. The van der Waals surface area contributed by atoms with E-state index < -0.39 is 0 Å². The number of fused-ring (bicyclic) bond motifs is 1. The van der Waals surface area contributed by atoms with Crippen molar-refractivity contribution < 1.29 is 9.26 Å². The van der Waals surface area contributed by atoms with Gasteiger partial charge in [-0.2, -0.15) is 4.98 Å². The Kier molecular flexibility index (Phi) is 3.87. The van der Waals surface area contributed by atoms with Crippen molar-refractivity contribution in [3.05, 3.63) is 47.7 Å². The summed E-state index contributed by atoms with van der Waals surface area (Å²) in [6, 6.07) is 8.46. The maximum Gasteiger partial charge on any atom is 0.229 e. The number of hydrogen-bond acceptors (Lipinski definition) is 4.